The first-order valence-corrected chi connectivity index (χ1v) is 8.97. The standard InChI is InChI=1S/C17H20ClN3O5/c18-12-8-11(21(25)26)5-6-13(12)19-16(22)9-20-14-4-2-1-3-10(14)7-15(20)17(23)24/h5-6,8,10,14-15H,1-4,7,9H2,(H,19,22)(H,23,24). The van der Waals surface area contributed by atoms with Gasteiger partial charge in [-0.3, -0.25) is 24.6 Å². The maximum absolute atomic E-state index is 12.4. The topological polar surface area (TPSA) is 113 Å². The van der Waals surface area contributed by atoms with Crippen LogP contribution in [0.5, 0.6) is 0 Å². The molecule has 1 saturated heterocycles. The molecule has 0 aromatic heterocycles. The molecule has 3 rings (SSSR count). The largest absolute Gasteiger partial charge is 0.480 e. The van der Waals surface area contributed by atoms with E-state index in [1.54, 1.807) is 4.90 Å². The monoisotopic (exact) mass is 381 g/mol. The minimum Gasteiger partial charge on any atom is -0.480 e. The SMILES string of the molecule is O=C(CN1C(C(=O)O)CC2CCCCC21)Nc1ccc([N+](=O)[O-])cc1Cl. The molecule has 1 aliphatic heterocycles. The summed E-state index contributed by atoms with van der Waals surface area (Å²) in [4.78, 5) is 36.0. The van der Waals surface area contributed by atoms with E-state index in [0.717, 1.165) is 25.7 Å². The van der Waals surface area contributed by atoms with Crippen LogP contribution in [0.15, 0.2) is 18.2 Å². The lowest BCUT2D eigenvalue weighted by atomic mass is 9.85. The lowest BCUT2D eigenvalue weighted by Gasteiger charge is -2.32. The number of hydrogen-bond donors (Lipinski definition) is 2. The number of amides is 1. The van der Waals surface area contributed by atoms with E-state index in [0.29, 0.717) is 12.3 Å². The van der Waals surface area contributed by atoms with Crippen LogP contribution in [0.25, 0.3) is 0 Å². The van der Waals surface area contributed by atoms with Crippen molar-refractivity contribution in [2.75, 3.05) is 11.9 Å². The second-order valence-electron chi connectivity index (χ2n) is 6.84. The van der Waals surface area contributed by atoms with Crippen molar-refractivity contribution in [3.8, 4) is 0 Å². The van der Waals surface area contributed by atoms with Gasteiger partial charge in [-0.2, -0.15) is 0 Å². The normalized spacial score (nSPS) is 25.5. The summed E-state index contributed by atoms with van der Waals surface area (Å²) in [5, 5.41) is 22.9. The summed E-state index contributed by atoms with van der Waals surface area (Å²) < 4.78 is 0. The molecule has 1 aliphatic carbocycles. The highest BCUT2D eigenvalue weighted by atomic mass is 35.5. The van der Waals surface area contributed by atoms with E-state index in [1.807, 2.05) is 0 Å². The highest BCUT2D eigenvalue weighted by Gasteiger charge is 2.45. The summed E-state index contributed by atoms with van der Waals surface area (Å²) in [6.07, 6.45) is 4.62. The fourth-order valence-corrected chi connectivity index (χ4v) is 4.32. The van der Waals surface area contributed by atoms with E-state index in [1.165, 1.54) is 18.2 Å². The number of benzene rings is 1. The van der Waals surface area contributed by atoms with Crippen molar-refractivity contribution in [1.29, 1.82) is 0 Å². The molecule has 8 nitrogen and oxygen atoms in total. The number of nitrogens with zero attached hydrogens (tertiary/aromatic N) is 2. The average Bonchev–Trinajstić information content (AvgIpc) is 2.95. The molecule has 1 aromatic carbocycles. The first-order valence-electron chi connectivity index (χ1n) is 8.59. The van der Waals surface area contributed by atoms with Gasteiger partial charge in [0.25, 0.3) is 5.69 Å². The maximum atomic E-state index is 12.4. The Balaban J connectivity index is 1.70. The Morgan fingerprint density at radius 3 is 2.73 bits per heavy atom. The van der Waals surface area contributed by atoms with Crippen LogP contribution in [0.1, 0.15) is 32.1 Å². The third kappa shape index (κ3) is 3.81. The number of fused-ring (bicyclic) bond motifs is 1. The number of carboxylic acid groups (broad SMARTS) is 1. The van der Waals surface area contributed by atoms with Crippen LogP contribution >= 0.6 is 11.6 Å². The molecular weight excluding hydrogens is 362 g/mol. The van der Waals surface area contributed by atoms with Gasteiger partial charge in [-0.05, 0) is 31.2 Å². The predicted molar refractivity (Wildman–Crippen MR) is 95.2 cm³/mol. The number of nitro benzene ring substituents is 1. The Kier molecular flexibility index (Phi) is 5.43. The van der Waals surface area contributed by atoms with E-state index in [-0.39, 0.29) is 34.9 Å². The third-order valence-electron chi connectivity index (χ3n) is 5.27. The Hall–Kier alpha value is -2.19. The summed E-state index contributed by atoms with van der Waals surface area (Å²) in [5.41, 5.74) is 0.108. The smallest absolute Gasteiger partial charge is 0.320 e. The van der Waals surface area contributed by atoms with Crippen LogP contribution in [0.3, 0.4) is 0 Å². The number of halogens is 1. The first kappa shape index (κ1) is 18.6. The Morgan fingerprint density at radius 2 is 2.08 bits per heavy atom. The van der Waals surface area contributed by atoms with Gasteiger partial charge in [0.05, 0.1) is 22.2 Å². The Labute approximate surface area is 155 Å². The molecule has 1 saturated carbocycles. The zero-order chi connectivity index (χ0) is 18.8. The van der Waals surface area contributed by atoms with E-state index in [9.17, 15) is 24.8 Å². The molecule has 2 aliphatic rings. The van der Waals surface area contributed by atoms with Gasteiger partial charge in [0, 0.05) is 18.2 Å². The molecule has 140 valence electrons. The number of anilines is 1. The fraction of sp³-hybridized carbons (Fsp3) is 0.529. The van der Waals surface area contributed by atoms with E-state index in [2.05, 4.69) is 5.32 Å². The van der Waals surface area contributed by atoms with Crippen molar-refractivity contribution in [1.82, 2.24) is 4.90 Å². The highest BCUT2D eigenvalue weighted by Crippen LogP contribution is 2.39. The molecule has 0 radical (unpaired) electrons. The number of carbonyl (C=O) groups is 2. The van der Waals surface area contributed by atoms with Gasteiger partial charge in [-0.1, -0.05) is 24.4 Å². The molecule has 0 spiro atoms. The average molecular weight is 382 g/mol. The summed E-state index contributed by atoms with van der Waals surface area (Å²) in [7, 11) is 0. The number of carbonyl (C=O) groups excluding carboxylic acids is 1. The van der Waals surface area contributed by atoms with Crippen molar-refractivity contribution in [3.05, 3.63) is 33.3 Å². The van der Waals surface area contributed by atoms with Gasteiger partial charge in [-0.15, -0.1) is 0 Å². The quantitative estimate of drug-likeness (QED) is 0.599. The zero-order valence-electron chi connectivity index (χ0n) is 14.1. The van der Waals surface area contributed by atoms with Gasteiger partial charge < -0.3 is 10.4 Å². The van der Waals surface area contributed by atoms with E-state index >= 15 is 0 Å². The number of non-ortho nitro benzene ring substituents is 1. The van der Waals surface area contributed by atoms with Crippen LogP contribution in [0.2, 0.25) is 5.02 Å². The summed E-state index contributed by atoms with van der Waals surface area (Å²) in [6, 6.07) is 3.27. The number of nitro groups is 1. The van der Waals surface area contributed by atoms with Gasteiger partial charge in [0.1, 0.15) is 6.04 Å². The predicted octanol–water partition coefficient (Wildman–Crippen LogP) is 2.90. The molecule has 9 heteroatoms. The van der Waals surface area contributed by atoms with Crippen molar-refractivity contribution >= 4 is 34.9 Å². The zero-order valence-corrected chi connectivity index (χ0v) is 14.8. The summed E-state index contributed by atoms with van der Waals surface area (Å²) in [5.74, 6) is -0.959. The van der Waals surface area contributed by atoms with Gasteiger partial charge >= 0.3 is 5.97 Å². The number of likely N-dealkylation sites (tertiary alicyclic amines) is 1. The van der Waals surface area contributed by atoms with Crippen LogP contribution in [-0.2, 0) is 9.59 Å². The third-order valence-corrected chi connectivity index (χ3v) is 5.58. The molecule has 1 aromatic rings. The minimum absolute atomic E-state index is 0.0363. The van der Waals surface area contributed by atoms with Crippen LogP contribution in [-0.4, -0.2) is 45.4 Å². The van der Waals surface area contributed by atoms with Crippen molar-refractivity contribution in [3.63, 3.8) is 0 Å². The summed E-state index contributed by atoms with van der Waals surface area (Å²) >= 11 is 6.00. The van der Waals surface area contributed by atoms with Gasteiger partial charge in [0.15, 0.2) is 0 Å². The molecule has 2 fully saturated rings. The molecule has 1 amide bonds. The minimum atomic E-state index is -0.902. The van der Waals surface area contributed by atoms with Crippen LogP contribution in [0, 0.1) is 16.0 Å². The molecule has 2 N–H and O–H groups in total. The molecular formula is C17H20ClN3O5. The van der Waals surface area contributed by atoms with Crippen LogP contribution in [0.4, 0.5) is 11.4 Å². The Bertz CT molecular complexity index is 741. The highest BCUT2D eigenvalue weighted by molar-refractivity contribution is 6.34. The molecule has 26 heavy (non-hydrogen) atoms. The number of aliphatic carboxylic acids is 1. The number of carboxylic acids is 1. The van der Waals surface area contributed by atoms with Crippen LogP contribution < -0.4 is 5.32 Å². The molecule has 3 atom stereocenters. The van der Waals surface area contributed by atoms with Crippen molar-refractivity contribution in [2.45, 2.75) is 44.2 Å². The van der Waals surface area contributed by atoms with E-state index < -0.39 is 16.9 Å². The van der Waals surface area contributed by atoms with Crippen molar-refractivity contribution in [2.24, 2.45) is 5.92 Å². The number of nitrogens with one attached hydrogen (secondary N) is 1. The molecule has 3 unspecified atom stereocenters. The maximum Gasteiger partial charge on any atom is 0.320 e. The number of rotatable bonds is 5. The molecule has 1 heterocycles. The van der Waals surface area contributed by atoms with Crippen molar-refractivity contribution < 1.29 is 19.6 Å². The van der Waals surface area contributed by atoms with Gasteiger partial charge in [-0.25, -0.2) is 0 Å². The molecule has 0 bridgehead atoms. The lowest BCUT2D eigenvalue weighted by molar-refractivity contribution is -0.384. The number of hydrogen-bond acceptors (Lipinski definition) is 5. The Morgan fingerprint density at radius 1 is 1.35 bits per heavy atom. The fourth-order valence-electron chi connectivity index (χ4n) is 4.10. The second kappa shape index (κ2) is 7.59. The van der Waals surface area contributed by atoms with E-state index in [4.69, 9.17) is 11.6 Å². The van der Waals surface area contributed by atoms with Gasteiger partial charge in [0.2, 0.25) is 5.91 Å². The first-order chi connectivity index (χ1) is 12.4. The second-order valence-corrected chi connectivity index (χ2v) is 7.25. The summed E-state index contributed by atoms with van der Waals surface area (Å²) in [6.45, 7) is -0.0363. The lowest BCUT2D eigenvalue weighted by Crippen LogP contribution is -2.46.